The van der Waals surface area contributed by atoms with Crippen molar-refractivity contribution in [2.45, 2.75) is 25.8 Å². The van der Waals surface area contributed by atoms with Gasteiger partial charge in [-0.25, -0.2) is 0 Å². The minimum Gasteiger partial charge on any atom is -0.481 e. The Balaban J connectivity index is 2.43. The Kier molecular flexibility index (Phi) is 6.02. The van der Waals surface area contributed by atoms with Crippen molar-refractivity contribution in [1.82, 2.24) is 5.32 Å². The number of carbonyl (C=O) groups excluding carboxylic acids is 1. The summed E-state index contributed by atoms with van der Waals surface area (Å²) in [5, 5.41) is 11.5. The van der Waals surface area contributed by atoms with Crippen LogP contribution < -0.4 is 11.1 Å². The first-order valence-corrected chi connectivity index (χ1v) is 6.34. The van der Waals surface area contributed by atoms with Gasteiger partial charge in [0, 0.05) is 6.54 Å². The van der Waals surface area contributed by atoms with Crippen molar-refractivity contribution in [3.8, 4) is 0 Å². The highest BCUT2D eigenvalue weighted by molar-refractivity contribution is 5.82. The van der Waals surface area contributed by atoms with Gasteiger partial charge in [-0.3, -0.25) is 9.59 Å². The molecule has 0 aromatic heterocycles. The minimum absolute atomic E-state index is 0.118. The van der Waals surface area contributed by atoms with E-state index in [1.165, 1.54) is 0 Å². The van der Waals surface area contributed by atoms with E-state index in [4.69, 9.17) is 10.8 Å². The molecule has 0 aliphatic carbocycles. The second-order valence-corrected chi connectivity index (χ2v) is 4.48. The Hall–Kier alpha value is -1.88. The van der Waals surface area contributed by atoms with Crippen molar-refractivity contribution in [2.75, 3.05) is 6.54 Å². The highest BCUT2D eigenvalue weighted by atomic mass is 16.4. The number of carboxylic acids is 1. The van der Waals surface area contributed by atoms with Gasteiger partial charge >= 0.3 is 5.97 Å². The van der Waals surface area contributed by atoms with Gasteiger partial charge in [0.25, 0.3) is 0 Å². The van der Waals surface area contributed by atoms with Crippen LogP contribution in [0.2, 0.25) is 0 Å². The summed E-state index contributed by atoms with van der Waals surface area (Å²) in [6.45, 7) is 1.89. The summed E-state index contributed by atoms with van der Waals surface area (Å²) in [7, 11) is 0. The minimum atomic E-state index is -0.903. The van der Waals surface area contributed by atoms with Gasteiger partial charge in [-0.1, -0.05) is 37.3 Å². The first-order chi connectivity index (χ1) is 9.04. The molecule has 1 aromatic carbocycles. The maximum absolute atomic E-state index is 11.8. The standard InChI is InChI=1S/C14H20N2O3/c1-2-11(14(18)19)9-16-13(17)12(15)8-10-6-4-3-5-7-10/h3-7,11-12H,2,8-9,15H2,1H3,(H,16,17)(H,18,19). The summed E-state index contributed by atoms with van der Waals surface area (Å²) in [6.07, 6.45) is 0.917. The predicted molar refractivity (Wildman–Crippen MR) is 72.5 cm³/mol. The lowest BCUT2D eigenvalue weighted by Gasteiger charge is -2.15. The summed E-state index contributed by atoms with van der Waals surface area (Å²) in [5.74, 6) is -1.78. The lowest BCUT2D eigenvalue weighted by atomic mass is 10.0. The van der Waals surface area contributed by atoms with Crippen molar-refractivity contribution in [1.29, 1.82) is 0 Å². The molecule has 0 bridgehead atoms. The molecule has 0 heterocycles. The van der Waals surface area contributed by atoms with E-state index in [0.29, 0.717) is 12.8 Å². The monoisotopic (exact) mass is 264 g/mol. The van der Waals surface area contributed by atoms with Gasteiger partial charge in [-0.05, 0) is 18.4 Å². The van der Waals surface area contributed by atoms with E-state index in [9.17, 15) is 9.59 Å². The molecular weight excluding hydrogens is 244 g/mol. The Morgan fingerprint density at radius 2 is 1.95 bits per heavy atom. The van der Waals surface area contributed by atoms with Crippen LogP contribution >= 0.6 is 0 Å². The van der Waals surface area contributed by atoms with Crippen molar-refractivity contribution < 1.29 is 14.7 Å². The van der Waals surface area contributed by atoms with Crippen LogP contribution in [0.3, 0.4) is 0 Å². The molecule has 5 heteroatoms. The summed E-state index contributed by atoms with van der Waals surface area (Å²) in [6, 6.07) is 8.81. The largest absolute Gasteiger partial charge is 0.481 e. The third-order valence-corrected chi connectivity index (χ3v) is 3.00. The molecule has 0 fully saturated rings. The number of hydrogen-bond donors (Lipinski definition) is 3. The Morgan fingerprint density at radius 1 is 1.32 bits per heavy atom. The molecule has 0 saturated heterocycles. The van der Waals surface area contributed by atoms with Gasteiger partial charge in [0.1, 0.15) is 0 Å². The van der Waals surface area contributed by atoms with E-state index in [0.717, 1.165) is 5.56 Å². The van der Waals surface area contributed by atoms with Crippen LogP contribution in [0.4, 0.5) is 0 Å². The van der Waals surface area contributed by atoms with Gasteiger partial charge in [0.05, 0.1) is 12.0 Å². The molecule has 2 unspecified atom stereocenters. The van der Waals surface area contributed by atoms with Crippen molar-refractivity contribution in [2.24, 2.45) is 11.7 Å². The Bertz CT molecular complexity index is 420. The summed E-state index contributed by atoms with van der Waals surface area (Å²) in [5.41, 5.74) is 6.78. The zero-order chi connectivity index (χ0) is 14.3. The molecule has 1 amide bonds. The second-order valence-electron chi connectivity index (χ2n) is 4.48. The maximum Gasteiger partial charge on any atom is 0.308 e. The van der Waals surface area contributed by atoms with E-state index in [-0.39, 0.29) is 12.5 Å². The fourth-order valence-corrected chi connectivity index (χ4v) is 1.72. The van der Waals surface area contributed by atoms with Crippen molar-refractivity contribution in [3.05, 3.63) is 35.9 Å². The van der Waals surface area contributed by atoms with Crippen LogP contribution in [-0.4, -0.2) is 29.6 Å². The van der Waals surface area contributed by atoms with Crippen LogP contribution in [0.25, 0.3) is 0 Å². The SMILES string of the molecule is CCC(CNC(=O)C(N)Cc1ccccc1)C(=O)O. The molecule has 104 valence electrons. The number of carbonyl (C=O) groups is 2. The smallest absolute Gasteiger partial charge is 0.308 e. The van der Waals surface area contributed by atoms with Crippen LogP contribution in [0, 0.1) is 5.92 Å². The molecule has 1 aromatic rings. The molecule has 4 N–H and O–H groups in total. The molecular formula is C14H20N2O3. The average molecular weight is 264 g/mol. The second kappa shape index (κ2) is 7.53. The maximum atomic E-state index is 11.8. The Morgan fingerprint density at radius 3 is 2.47 bits per heavy atom. The van der Waals surface area contributed by atoms with Crippen LogP contribution in [0.5, 0.6) is 0 Å². The van der Waals surface area contributed by atoms with Crippen molar-refractivity contribution >= 4 is 11.9 Å². The topological polar surface area (TPSA) is 92.4 Å². The Labute approximate surface area is 112 Å². The number of nitrogens with two attached hydrogens (primary N) is 1. The molecule has 2 atom stereocenters. The number of aliphatic carboxylic acids is 1. The summed E-state index contributed by atoms with van der Waals surface area (Å²) < 4.78 is 0. The molecule has 0 aliphatic rings. The molecule has 19 heavy (non-hydrogen) atoms. The van der Waals surface area contributed by atoms with E-state index in [1.54, 1.807) is 6.92 Å². The summed E-state index contributed by atoms with van der Waals surface area (Å²) >= 11 is 0. The molecule has 1 rings (SSSR count). The van der Waals surface area contributed by atoms with E-state index >= 15 is 0 Å². The fourth-order valence-electron chi connectivity index (χ4n) is 1.72. The first kappa shape index (κ1) is 15.2. The number of benzene rings is 1. The van der Waals surface area contributed by atoms with Gasteiger partial charge in [-0.2, -0.15) is 0 Å². The number of amides is 1. The van der Waals surface area contributed by atoms with Gasteiger partial charge in [0.2, 0.25) is 5.91 Å². The van der Waals surface area contributed by atoms with Crippen molar-refractivity contribution in [3.63, 3.8) is 0 Å². The van der Waals surface area contributed by atoms with E-state index in [2.05, 4.69) is 5.32 Å². The number of carboxylic acid groups (broad SMARTS) is 1. The van der Waals surface area contributed by atoms with Crippen LogP contribution in [0.15, 0.2) is 30.3 Å². The van der Waals surface area contributed by atoms with Gasteiger partial charge < -0.3 is 16.2 Å². The molecule has 0 aliphatic heterocycles. The number of rotatable bonds is 7. The average Bonchev–Trinajstić information content (AvgIpc) is 2.39. The fraction of sp³-hybridized carbons (Fsp3) is 0.429. The normalized spacial score (nSPS) is 13.6. The van der Waals surface area contributed by atoms with Crippen LogP contribution in [-0.2, 0) is 16.0 Å². The van der Waals surface area contributed by atoms with Gasteiger partial charge in [-0.15, -0.1) is 0 Å². The third kappa shape index (κ3) is 5.09. The molecule has 0 radical (unpaired) electrons. The zero-order valence-corrected chi connectivity index (χ0v) is 11.0. The zero-order valence-electron chi connectivity index (χ0n) is 11.0. The number of nitrogens with one attached hydrogen (secondary N) is 1. The third-order valence-electron chi connectivity index (χ3n) is 3.00. The molecule has 0 spiro atoms. The lowest BCUT2D eigenvalue weighted by molar-refractivity contribution is -0.141. The van der Waals surface area contributed by atoms with Crippen LogP contribution in [0.1, 0.15) is 18.9 Å². The summed E-state index contributed by atoms with van der Waals surface area (Å²) in [4.78, 5) is 22.6. The van der Waals surface area contributed by atoms with E-state index < -0.39 is 17.9 Å². The van der Waals surface area contributed by atoms with E-state index in [1.807, 2.05) is 30.3 Å². The predicted octanol–water partition coefficient (Wildman–Crippen LogP) is 0.783. The molecule has 0 saturated carbocycles. The molecule has 5 nitrogen and oxygen atoms in total. The van der Waals surface area contributed by atoms with Gasteiger partial charge in [0.15, 0.2) is 0 Å². The number of hydrogen-bond acceptors (Lipinski definition) is 3. The highest BCUT2D eigenvalue weighted by Gasteiger charge is 2.19. The lowest BCUT2D eigenvalue weighted by Crippen LogP contribution is -2.44. The highest BCUT2D eigenvalue weighted by Crippen LogP contribution is 2.03. The quantitative estimate of drug-likeness (QED) is 0.678. The first-order valence-electron chi connectivity index (χ1n) is 6.34.